The number of fused-ring (bicyclic) bond motifs is 1. The number of hydrogen-bond donors (Lipinski definition) is 2. The standard InChI is InChI=1S/C28H36N6O4/c29-26-25-23(19-4-3-6-21(12-19)38-15-22-5-1-2-8-37-22)14-34(28(25)32-17-31-26)20-10-18(11-20)13-33-7-9-36-16-24(33)27(30)35/h3-4,6,12,14,17-18,20,22,24H,1-2,5,7-11,13,15-16H2,(H2,30,35)(H2,29,31,32)/t18-,20+,22?,24-/m0/s1. The minimum absolute atomic E-state index is 0.153. The summed E-state index contributed by atoms with van der Waals surface area (Å²) in [6, 6.07) is 8.08. The molecule has 0 bridgehead atoms. The van der Waals surface area contributed by atoms with Crippen molar-refractivity contribution >= 4 is 22.8 Å². The molecule has 2 aliphatic heterocycles. The van der Waals surface area contributed by atoms with Gasteiger partial charge in [-0.25, -0.2) is 9.97 Å². The van der Waals surface area contributed by atoms with E-state index < -0.39 is 0 Å². The van der Waals surface area contributed by atoms with Gasteiger partial charge in [0.05, 0.1) is 24.7 Å². The number of ether oxygens (including phenoxy) is 3. The molecule has 2 aromatic heterocycles. The molecule has 202 valence electrons. The number of rotatable bonds is 8. The highest BCUT2D eigenvalue weighted by atomic mass is 16.5. The maximum absolute atomic E-state index is 11.9. The van der Waals surface area contributed by atoms with Crippen LogP contribution in [0.1, 0.15) is 38.1 Å². The normalized spacial score (nSPS) is 26.2. The second kappa shape index (κ2) is 10.9. The highest BCUT2D eigenvalue weighted by Gasteiger charge is 2.37. The van der Waals surface area contributed by atoms with E-state index in [1.165, 1.54) is 12.7 Å². The van der Waals surface area contributed by atoms with Gasteiger partial charge in [0.1, 0.15) is 36.2 Å². The third kappa shape index (κ3) is 5.08. The predicted molar refractivity (Wildman–Crippen MR) is 144 cm³/mol. The van der Waals surface area contributed by atoms with Crippen molar-refractivity contribution in [2.75, 3.05) is 45.3 Å². The molecule has 1 unspecified atom stereocenters. The Bertz CT molecular complexity index is 1280. The quantitative estimate of drug-likeness (QED) is 0.464. The fourth-order valence-corrected chi connectivity index (χ4v) is 6.01. The van der Waals surface area contributed by atoms with Gasteiger partial charge < -0.3 is 30.2 Å². The monoisotopic (exact) mass is 520 g/mol. The molecule has 3 aromatic rings. The van der Waals surface area contributed by atoms with Gasteiger partial charge in [-0.05, 0) is 55.7 Å². The van der Waals surface area contributed by atoms with Crippen molar-refractivity contribution in [1.82, 2.24) is 19.4 Å². The van der Waals surface area contributed by atoms with Crippen LogP contribution in [-0.2, 0) is 14.3 Å². The first kappa shape index (κ1) is 25.1. The minimum atomic E-state index is -0.339. The number of amides is 1. The van der Waals surface area contributed by atoms with Crippen molar-refractivity contribution in [3.05, 3.63) is 36.8 Å². The van der Waals surface area contributed by atoms with E-state index >= 15 is 0 Å². The van der Waals surface area contributed by atoms with Gasteiger partial charge in [0, 0.05) is 37.5 Å². The molecule has 4 heterocycles. The highest BCUT2D eigenvalue weighted by Crippen LogP contribution is 2.43. The van der Waals surface area contributed by atoms with Crippen LogP contribution < -0.4 is 16.2 Å². The van der Waals surface area contributed by atoms with Crippen LogP contribution in [0.4, 0.5) is 5.82 Å². The number of carbonyl (C=O) groups excluding carboxylic acids is 1. The van der Waals surface area contributed by atoms with Crippen molar-refractivity contribution in [3.8, 4) is 16.9 Å². The lowest BCUT2D eigenvalue weighted by Gasteiger charge is -2.42. The number of anilines is 1. The van der Waals surface area contributed by atoms with Gasteiger partial charge in [-0.3, -0.25) is 9.69 Å². The van der Waals surface area contributed by atoms with Gasteiger partial charge in [0.15, 0.2) is 0 Å². The summed E-state index contributed by atoms with van der Waals surface area (Å²) in [6.45, 7) is 3.97. The Hall–Kier alpha value is -3.21. The van der Waals surface area contributed by atoms with E-state index in [2.05, 4.69) is 37.8 Å². The van der Waals surface area contributed by atoms with Crippen LogP contribution >= 0.6 is 0 Å². The number of nitrogens with zero attached hydrogens (tertiary/aromatic N) is 4. The number of benzene rings is 1. The van der Waals surface area contributed by atoms with Gasteiger partial charge in [0.2, 0.25) is 5.91 Å². The van der Waals surface area contributed by atoms with Crippen molar-refractivity contribution < 1.29 is 19.0 Å². The molecule has 0 spiro atoms. The summed E-state index contributed by atoms with van der Waals surface area (Å²) in [6.07, 6.45) is 9.19. The molecule has 38 heavy (non-hydrogen) atoms. The van der Waals surface area contributed by atoms with Crippen LogP contribution in [0.3, 0.4) is 0 Å². The number of aromatic nitrogens is 3. The molecule has 1 saturated carbocycles. The lowest BCUT2D eigenvalue weighted by Crippen LogP contribution is -2.54. The minimum Gasteiger partial charge on any atom is -0.491 e. The van der Waals surface area contributed by atoms with Crippen LogP contribution in [0.25, 0.3) is 22.2 Å². The van der Waals surface area contributed by atoms with E-state index in [0.717, 1.165) is 73.3 Å². The fourth-order valence-electron chi connectivity index (χ4n) is 6.01. The van der Waals surface area contributed by atoms with Crippen LogP contribution in [0.2, 0.25) is 0 Å². The van der Waals surface area contributed by atoms with Gasteiger partial charge >= 0.3 is 0 Å². The molecule has 3 aliphatic rings. The van der Waals surface area contributed by atoms with Crippen molar-refractivity contribution in [1.29, 1.82) is 0 Å². The second-order valence-electron chi connectivity index (χ2n) is 10.7. The van der Waals surface area contributed by atoms with E-state index in [4.69, 9.17) is 25.7 Å². The summed E-state index contributed by atoms with van der Waals surface area (Å²) in [7, 11) is 0. The van der Waals surface area contributed by atoms with Gasteiger partial charge in [-0.2, -0.15) is 0 Å². The zero-order chi connectivity index (χ0) is 26.1. The summed E-state index contributed by atoms with van der Waals surface area (Å²) >= 11 is 0. The molecule has 1 amide bonds. The topological polar surface area (TPSA) is 131 Å². The first-order valence-corrected chi connectivity index (χ1v) is 13.6. The van der Waals surface area contributed by atoms with Gasteiger partial charge in [-0.1, -0.05) is 12.1 Å². The Morgan fingerprint density at radius 1 is 1.18 bits per heavy atom. The zero-order valence-corrected chi connectivity index (χ0v) is 21.6. The predicted octanol–water partition coefficient (Wildman–Crippen LogP) is 2.77. The number of morpholine rings is 1. The van der Waals surface area contributed by atoms with E-state index in [1.807, 2.05) is 12.1 Å². The van der Waals surface area contributed by atoms with Crippen LogP contribution in [0.5, 0.6) is 5.75 Å². The molecule has 4 N–H and O–H groups in total. The number of nitrogens with two attached hydrogens (primary N) is 2. The summed E-state index contributed by atoms with van der Waals surface area (Å²) in [5, 5.41) is 0.866. The first-order valence-electron chi connectivity index (χ1n) is 13.6. The van der Waals surface area contributed by atoms with Gasteiger partial charge in [-0.15, -0.1) is 0 Å². The molecular weight excluding hydrogens is 484 g/mol. The number of hydrogen-bond acceptors (Lipinski definition) is 8. The molecule has 1 aromatic carbocycles. The Balaban J connectivity index is 1.19. The summed E-state index contributed by atoms with van der Waals surface area (Å²) in [4.78, 5) is 22.9. The third-order valence-corrected chi connectivity index (χ3v) is 8.16. The molecule has 3 fully saturated rings. The summed E-state index contributed by atoms with van der Waals surface area (Å²) < 4.78 is 19.6. The van der Waals surface area contributed by atoms with E-state index in [9.17, 15) is 4.79 Å². The Morgan fingerprint density at radius 2 is 2.08 bits per heavy atom. The Morgan fingerprint density at radius 3 is 2.89 bits per heavy atom. The Labute approximate surface area is 222 Å². The maximum Gasteiger partial charge on any atom is 0.237 e. The second-order valence-corrected chi connectivity index (χ2v) is 10.7. The SMILES string of the molecule is NC(=O)[C@@H]1COCCN1C[C@H]1C[C@@H](n2cc(-c3cccc(OCC4CCCCO4)c3)c3c(N)ncnc32)C1. The summed E-state index contributed by atoms with van der Waals surface area (Å²) in [5.74, 6) is 1.45. The lowest BCUT2D eigenvalue weighted by atomic mass is 9.79. The maximum atomic E-state index is 11.9. The molecule has 10 nitrogen and oxygen atoms in total. The first-order chi connectivity index (χ1) is 18.6. The van der Waals surface area contributed by atoms with Crippen LogP contribution in [0.15, 0.2) is 36.8 Å². The van der Waals surface area contributed by atoms with Crippen LogP contribution in [-0.4, -0.2) is 77.0 Å². The van der Waals surface area contributed by atoms with Gasteiger partial charge in [0.25, 0.3) is 0 Å². The average molecular weight is 521 g/mol. The molecule has 2 atom stereocenters. The van der Waals surface area contributed by atoms with Crippen molar-refractivity contribution in [2.24, 2.45) is 11.7 Å². The molecule has 1 aliphatic carbocycles. The molecule has 10 heteroatoms. The van der Waals surface area contributed by atoms with Crippen molar-refractivity contribution in [2.45, 2.75) is 50.3 Å². The molecule has 0 radical (unpaired) electrons. The van der Waals surface area contributed by atoms with E-state index in [-0.39, 0.29) is 18.1 Å². The number of carbonyl (C=O) groups is 1. The molecular formula is C28H36N6O4. The average Bonchev–Trinajstić information content (AvgIpc) is 3.31. The third-order valence-electron chi connectivity index (χ3n) is 8.16. The smallest absolute Gasteiger partial charge is 0.237 e. The number of nitrogen functional groups attached to an aromatic ring is 1. The van der Waals surface area contributed by atoms with E-state index in [1.54, 1.807) is 0 Å². The zero-order valence-electron chi connectivity index (χ0n) is 21.6. The molecule has 6 rings (SSSR count). The largest absolute Gasteiger partial charge is 0.491 e. The molecule has 2 saturated heterocycles. The van der Waals surface area contributed by atoms with Crippen LogP contribution in [0, 0.1) is 5.92 Å². The highest BCUT2D eigenvalue weighted by molar-refractivity contribution is 6.00. The Kier molecular flexibility index (Phi) is 7.18. The van der Waals surface area contributed by atoms with Crippen molar-refractivity contribution in [3.63, 3.8) is 0 Å². The van der Waals surface area contributed by atoms with E-state index in [0.29, 0.717) is 37.6 Å². The fraction of sp³-hybridized carbons (Fsp3) is 0.536. The number of primary amides is 1. The lowest BCUT2D eigenvalue weighted by molar-refractivity contribution is -0.130. The summed E-state index contributed by atoms with van der Waals surface area (Å²) in [5.41, 5.74) is 14.9.